The molecule has 1 saturated heterocycles. The number of sulfone groups is 1. The van der Waals surface area contributed by atoms with E-state index in [1.165, 1.54) is 0 Å². The van der Waals surface area contributed by atoms with E-state index in [0.29, 0.717) is 13.0 Å². The Morgan fingerprint density at radius 1 is 1.38 bits per heavy atom. The highest BCUT2D eigenvalue weighted by atomic mass is 32.2. The zero-order chi connectivity index (χ0) is 15.1. The van der Waals surface area contributed by atoms with Crippen LogP contribution < -0.4 is 10.6 Å². The van der Waals surface area contributed by atoms with Crippen LogP contribution in [-0.4, -0.2) is 43.9 Å². The molecule has 1 aromatic rings. The molecule has 116 valence electrons. The maximum Gasteiger partial charge on any atom is 0.224 e. The van der Waals surface area contributed by atoms with Gasteiger partial charge in [-0.05, 0) is 31.0 Å². The van der Waals surface area contributed by atoms with Gasteiger partial charge in [0.1, 0.15) is 0 Å². The standard InChI is InChI=1S/C14H21N3O3S/c18-14(13-4-8-21(19,20)11-13)17-7-2-6-16-10-12-3-1-5-15-9-12/h1,3,5,9,13,16H,2,4,6-8,10-11H2,(H,17,18). The lowest BCUT2D eigenvalue weighted by Crippen LogP contribution is -2.33. The predicted molar refractivity (Wildman–Crippen MR) is 80.3 cm³/mol. The molecule has 2 N–H and O–H groups in total. The van der Waals surface area contributed by atoms with Gasteiger partial charge < -0.3 is 10.6 Å². The van der Waals surface area contributed by atoms with Crippen LogP contribution in [0.15, 0.2) is 24.5 Å². The number of hydrogen-bond donors (Lipinski definition) is 2. The summed E-state index contributed by atoms with van der Waals surface area (Å²) in [6.45, 7) is 2.11. The summed E-state index contributed by atoms with van der Waals surface area (Å²) in [5, 5.41) is 6.08. The molecule has 0 radical (unpaired) electrons. The maximum atomic E-state index is 11.8. The van der Waals surface area contributed by atoms with Gasteiger partial charge in [-0.3, -0.25) is 9.78 Å². The number of rotatable bonds is 7. The third-order valence-corrected chi connectivity index (χ3v) is 5.25. The van der Waals surface area contributed by atoms with Gasteiger partial charge in [0.2, 0.25) is 5.91 Å². The van der Waals surface area contributed by atoms with Gasteiger partial charge >= 0.3 is 0 Å². The molecule has 6 nitrogen and oxygen atoms in total. The number of nitrogens with zero attached hydrogens (tertiary/aromatic N) is 1. The Morgan fingerprint density at radius 2 is 2.24 bits per heavy atom. The topological polar surface area (TPSA) is 88.2 Å². The Labute approximate surface area is 125 Å². The van der Waals surface area contributed by atoms with Crippen LogP contribution in [0.3, 0.4) is 0 Å². The lowest BCUT2D eigenvalue weighted by molar-refractivity contribution is -0.124. The fraction of sp³-hybridized carbons (Fsp3) is 0.571. The van der Waals surface area contributed by atoms with Gasteiger partial charge in [-0.25, -0.2) is 8.42 Å². The van der Waals surface area contributed by atoms with Crippen molar-refractivity contribution in [3.63, 3.8) is 0 Å². The second-order valence-corrected chi connectivity index (χ2v) is 7.51. The molecule has 0 aliphatic carbocycles. The van der Waals surface area contributed by atoms with E-state index in [1.807, 2.05) is 18.3 Å². The maximum absolute atomic E-state index is 11.8. The molecule has 0 saturated carbocycles. The van der Waals surface area contributed by atoms with Crippen LogP contribution in [0.4, 0.5) is 0 Å². The third kappa shape index (κ3) is 5.43. The molecule has 0 bridgehead atoms. The van der Waals surface area contributed by atoms with E-state index >= 15 is 0 Å². The van der Waals surface area contributed by atoms with E-state index in [1.54, 1.807) is 6.20 Å². The summed E-state index contributed by atoms with van der Waals surface area (Å²) in [6, 6.07) is 3.90. The van der Waals surface area contributed by atoms with Gasteiger partial charge in [0.15, 0.2) is 9.84 Å². The Balaban J connectivity index is 1.55. The lowest BCUT2D eigenvalue weighted by atomic mass is 10.1. The molecule has 1 unspecified atom stereocenters. The number of carbonyl (C=O) groups excluding carboxylic acids is 1. The highest BCUT2D eigenvalue weighted by Crippen LogP contribution is 2.18. The average molecular weight is 311 g/mol. The number of hydrogen-bond acceptors (Lipinski definition) is 5. The molecule has 1 aliphatic rings. The smallest absolute Gasteiger partial charge is 0.224 e. The molecule has 0 aromatic carbocycles. The van der Waals surface area contributed by atoms with Gasteiger partial charge in [0.05, 0.1) is 17.4 Å². The second kappa shape index (κ2) is 7.51. The minimum atomic E-state index is -2.99. The Hall–Kier alpha value is -1.47. The van der Waals surface area contributed by atoms with Crippen molar-refractivity contribution in [3.8, 4) is 0 Å². The van der Waals surface area contributed by atoms with Gasteiger partial charge in [-0.1, -0.05) is 6.07 Å². The minimum Gasteiger partial charge on any atom is -0.356 e. The van der Waals surface area contributed by atoms with Gasteiger partial charge in [0.25, 0.3) is 0 Å². The lowest BCUT2D eigenvalue weighted by Gasteiger charge is -2.09. The largest absolute Gasteiger partial charge is 0.356 e. The molecule has 2 rings (SSSR count). The number of amides is 1. The van der Waals surface area contributed by atoms with Gasteiger partial charge in [0, 0.05) is 25.5 Å². The molecule has 7 heteroatoms. The molecule has 2 heterocycles. The van der Waals surface area contributed by atoms with E-state index in [4.69, 9.17) is 0 Å². The molecular weight excluding hydrogens is 290 g/mol. The van der Waals surface area contributed by atoms with Crippen molar-refractivity contribution < 1.29 is 13.2 Å². The van der Waals surface area contributed by atoms with E-state index in [9.17, 15) is 13.2 Å². The highest BCUT2D eigenvalue weighted by molar-refractivity contribution is 7.91. The van der Waals surface area contributed by atoms with Crippen LogP contribution in [0.1, 0.15) is 18.4 Å². The molecule has 1 amide bonds. The predicted octanol–water partition coefficient (Wildman–Crippen LogP) is 0.112. The van der Waals surface area contributed by atoms with Crippen LogP contribution in [0.2, 0.25) is 0 Å². The quantitative estimate of drug-likeness (QED) is 0.698. The third-order valence-electron chi connectivity index (χ3n) is 3.48. The van der Waals surface area contributed by atoms with Crippen molar-refractivity contribution in [3.05, 3.63) is 30.1 Å². The number of aromatic nitrogens is 1. The minimum absolute atomic E-state index is 0.00189. The monoisotopic (exact) mass is 311 g/mol. The van der Waals surface area contributed by atoms with Crippen molar-refractivity contribution in [1.29, 1.82) is 0 Å². The summed E-state index contributed by atoms with van der Waals surface area (Å²) in [4.78, 5) is 15.8. The van der Waals surface area contributed by atoms with Crippen LogP contribution in [0, 0.1) is 5.92 Å². The first kappa shape index (κ1) is 15.9. The SMILES string of the molecule is O=C(NCCCNCc1cccnc1)C1CCS(=O)(=O)C1. The van der Waals surface area contributed by atoms with Crippen molar-refractivity contribution in [2.24, 2.45) is 5.92 Å². The molecule has 21 heavy (non-hydrogen) atoms. The molecule has 1 aromatic heterocycles. The van der Waals surface area contributed by atoms with E-state index in [0.717, 1.165) is 25.1 Å². The Kier molecular flexibility index (Phi) is 5.69. The van der Waals surface area contributed by atoms with Crippen LogP contribution in [-0.2, 0) is 21.2 Å². The summed E-state index contributed by atoms with van der Waals surface area (Å²) < 4.78 is 22.6. The van der Waals surface area contributed by atoms with E-state index in [-0.39, 0.29) is 23.3 Å². The van der Waals surface area contributed by atoms with Crippen LogP contribution in [0.25, 0.3) is 0 Å². The number of carbonyl (C=O) groups is 1. The zero-order valence-electron chi connectivity index (χ0n) is 11.9. The summed E-state index contributed by atoms with van der Waals surface area (Å²) in [6.07, 6.45) is 4.82. The average Bonchev–Trinajstić information content (AvgIpc) is 2.84. The van der Waals surface area contributed by atoms with Crippen molar-refractivity contribution in [2.75, 3.05) is 24.6 Å². The van der Waals surface area contributed by atoms with Crippen molar-refractivity contribution in [2.45, 2.75) is 19.4 Å². The first-order valence-electron chi connectivity index (χ1n) is 7.14. The zero-order valence-corrected chi connectivity index (χ0v) is 12.7. The van der Waals surface area contributed by atoms with Crippen LogP contribution in [0.5, 0.6) is 0 Å². The summed E-state index contributed by atoms with van der Waals surface area (Å²) in [5.41, 5.74) is 1.12. The first-order chi connectivity index (χ1) is 10.1. The number of pyridine rings is 1. The molecule has 1 fully saturated rings. The van der Waals surface area contributed by atoms with Gasteiger partial charge in [-0.2, -0.15) is 0 Å². The Morgan fingerprint density at radius 3 is 2.90 bits per heavy atom. The molecule has 0 spiro atoms. The van der Waals surface area contributed by atoms with Gasteiger partial charge in [-0.15, -0.1) is 0 Å². The summed E-state index contributed by atoms with van der Waals surface area (Å²) in [5.74, 6) is -0.364. The van der Waals surface area contributed by atoms with Crippen LogP contribution >= 0.6 is 0 Å². The fourth-order valence-electron chi connectivity index (χ4n) is 2.31. The number of nitrogens with one attached hydrogen (secondary N) is 2. The normalized spacial score (nSPS) is 20.3. The van der Waals surface area contributed by atoms with Crippen molar-refractivity contribution in [1.82, 2.24) is 15.6 Å². The first-order valence-corrected chi connectivity index (χ1v) is 8.97. The fourth-order valence-corrected chi connectivity index (χ4v) is 4.05. The van der Waals surface area contributed by atoms with Crippen molar-refractivity contribution >= 4 is 15.7 Å². The molecular formula is C14H21N3O3S. The summed E-state index contributed by atoms with van der Waals surface area (Å²) in [7, 11) is -2.99. The highest BCUT2D eigenvalue weighted by Gasteiger charge is 2.32. The van der Waals surface area contributed by atoms with E-state index < -0.39 is 9.84 Å². The molecule has 1 atom stereocenters. The Bertz CT molecular complexity index is 560. The second-order valence-electron chi connectivity index (χ2n) is 5.28. The summed E-state index contributed by atoms with van der Waals surface area (Å²) >= 11 is 0. The molecule has 1 aliphatic heterocycles. The van der Waals surface area contributed by atoms with E-state index in [2.05, 4.69) is 15.6 Å².